The van der Waals surface area contributed by atoms with Crippen molar-refractivity contribution in [2.24, 2.45) is 0 Å². The second kappa shape index (κ2) is 4.61. The molecule has 0 aliphatic carbocycles. The van der Waals surface area contributed by atoms with Gasteiger partial charge in [0, 0.05) is 12.6 Å². The van der Waals surface area contributed by atoms with Gasteiger partial charge in [0.05, 0.1) is 0 Å². The monoisotopic (exact) mass is 237 g/mol. The number of hydrogen-bond acceptors (Lipinski definition) is 2. The van der Waals surface area contributed by atoms with Crippen LogP contribution in [-0.2, 0) is 12.8 Å². The van der Waals surface area contributed by atoms with E-state index in [1.807, 2.05) is 22.8 Å². The summed E-state index contributed by atoms with van der Waals surface area (Å²) < 4.78 is 1.86. The maximum Gasteiger partial charge on any atom is 0.155 e. The van der Waals surface area contributed by atoms with Gasteiger partial charge in [-0.15, -0.1) is 0 Å². The molecule has 0 bridgehead atoms. The molecule has 0 spiro atoms. The highest BCUT2D eigenvalue weighted by molar-refractivity contribution is 5.38. The Morgan fingerprint density at radius 3 is 2.67 bits per heavy atom. The highest BCUT2D eigenvalue weighted by Crippen LogP contribution is 2.07. The molecule has 0 saturated carbocycles. The summed E-state index contributed by atoms with van der Waals surface area (Å²) in [6.07, 6.45) is 3.87. The first-order valence-corrected chi connectivity index (χ1v) is 6.17. The average molecular weight is 237 g/mol. The summed E-state index contributed by atoms with van der Waals surface area (Å²) in [5.74, 6) is 0.907. The summed E-state index contributed by atoms with van der Waals surface area (Å²) in [4.78, 5) is 4.52. The molecule has 0 atom stereocenters. The van der Waals surface area contributed by atoms with Crippen LogP contribution in [0.25, 0.3) is 5.65 Å². The number of fused-ring (bicyclic) bond motifs is 1. The van der Waals surface area contributed by atoms with E-state index in [4.69, 9.17) is 0 Å². The molecule has 3 aromatic rings. The van der Waals surface area contributed by atoms with Crippen LogP contribution in [0.2, 0.25) is 0 Å². The fourth-order valence-electron chi connectivity index (χ4n) is 2.04. The fraction of sp³-hybridized carbons (Fsp3) is 0.200. The predicted molar refractivity (Wildman–Crippen MR) is 71.6 cm³/mol. The third kappa shape index (κ3) is 2.25. The molecule has 3 rings (SSSR count). The number of benzene rings is 1. The van der Waals surface area contributed by atoms with E-state index in [0.29, 0.717) is 0 Å². The summed E-state index contributed by atoms with van der Waals surface area (Å²) in [7, 11) is 0. The van der Waals surface area contributed by atoms with E-state index in [-0.39, 0.29) is 0 Å². The van der Waals surface area contributed by atoms with Crippen LogP contribution in [0.3, 0.4) is 0 Å². The van der Waals surface area contributed by atoms with Crippen LogP contribution >= 0.6 is 0 Å². The molecule has 0 saturated heterocycles. The largest absolute Gasteiger partial charge is 0.221 e. The maximum atomic E-state index is 4.52. The maximum absolute atomic E-state index is 4.52. The zero-order valence-corrected chi connectivity index (χ0v) is 10.4. The second-order valence-corrected chi connectivity index (χ2v) is 4.52. The third-order valence-electron chi connectivity index (χ3n) is 3.00. The molecule has 0 amide bonds. The molecule has 0 aliphatic heterocycles. The van der Waals surface area contributed by atoms with Gasteiger partial charge >= 0.3 is 0 Å². The minimum atomic E-state index is 0.880. The van der Waals surface area contributed by atoms with Crippen molar-refractivity contribution in [2.75, 3.05) is 0 Å². The normalized spacial score (nSPS) is 10.9. The van der Waals surface area contributed by atoms with Crippen molar-refractivity contribution < 1.29 is 0 Å². The Morgan fingerprint density at radius 1 is 1.00 bits per heavy atom. The summed E-state index contributed by atoms with van der Waals surface area (Å²) >= 11 is 0. The van der Waals surface area contributed by atoms with Crippen molar-refractivity contribution in [1.82, 2.24) is 14.6 Å². The Labute approximate surface area is 106 Å². The molecule has 2 heterocycles. The molecule has 2 aromatic heterocycles. The zero-order chi connectivity index (χ0) is 12.4. The first-order chi connectivity index (χ1) is 8.81. The number of aryl methyl sites for hydroxylation is 3. The van der Waals surface area contributed by atoms with Crippen LogP contribution in [0.1, 0.15) is 17.0 Å². The topological polar surface area (TPSA) is 30.2 Å². The number of hydrogen-bond donors (Lipinski definition) is 0. The molecule has 0 unspecified atom stereocenters. The van der Waals surface area contributed by atoms with Crippen molar-refractivity contribution in [3.63, 3.8) is 0 Å². The minimum Gasteiger partial charge on any atom is -0.221 e. The molecule has 3 nitrogen and oxygen atoms in total. The number of nitrogens with zero attached hydrogens (tertiary/aromatic N) is 3. The van der Waals surface area contributed by atoms with Crippen molar-refractivity contribution >= 4 is 5.65 Å². The summed E-state index contributed by atoms with van der Waals surface area (Å²) in [5.41, 5.74) is 3.44. The minimum absolute atomic E-state index is 0.880. The molecule has 3 heteroatoms. The summed E-state index contributed by atoms with van der Waals surface area (Å²) in [5, 5.41) is 4.49. The van der Waals surface area contributed by atoms with Gasteiger partial charge in [-0.25, -0.2) is 9.50 Å². The van der Waals surface area contributed by atoms with E-state index < -0.39 is 0 Å². The number of rotatable bonds is 3. The van der Waals surface area contributed by atoms with Gasteiger partial charge in [-0.2, -0.15) is 5.10 Å². The number of aromatic nitrogens is 3. The van der Waals surface area contributed by atoms with Crippen molar-refractivity contribution in [2.45, 2.75) is 19.8 Å². The quantitative estimate of drug-likeness (QED) is 0.701. The van der Waals surface area contributed by atoms with Gasteiger partial charge in [-0.05, 0) is 30.5 Å². The third-order valence-corrected chi connectivity index (χ3v) is 3.00. The Bertz CT molecular complexity index is 656. The van der Waals surface area contributed by atoms with Crippen molar-refractivity contribution in [1.29, 1.82) is 0 Å². The molecular weight excluding hydrogens is 222 g/mol. The summed E-state index contributed by atoms with van der Waals surface area (Å²) in [6, 6.07) is 14.5. The van der Waals surface area contributed by atoms with Crippen LogP contribution < -0.4 is 0 Å². The lowest BCUT2D eigenvalue weighted by Crippen LogP contribution is -1.94. The Hall–Kier alpha value is -2.16. The lowest BCUT2D eigenvalue weighted by molar-refractivity contribution is 0.835. The van der Waals surface area contributed by atoms with Gasteiger partial charge in [-0.1, -0.05) is 36.4 Å². The predicted octanol–water partition coefficient (Wildman–Crippen LogP) is 2.82. The summed E-state index contributed by atoms with van der Waals surface area (Å²) in [6.45, 7) is 2.06. The van der Waals surface area contributed by atoms with E-state index >= 15 is 0 Å². The van der Waals surface area contributed by atoms with Crippen LogP contribution in [0.5, 0.6) is 0 Å². The first-order valence-electron chi connectivity index (χ1n) is 6.17. The van der Waals surface area contributed by atoms with Crippen molar-refractivity contribution in [3.8, 4) is 0 Å². The van der Waals surface area contributed by atoms with Gasteiger partial charge < -0.3 is 0 Å². The van der Waals surface area contributed by atoms with E-state index in [0.717, 1.165) is 24.3 Å². The van der Waals surface area contributed by atoms with Gasteiger partial charge in [0.15, 0.2) is 11.5 Å². The van der Waals surface area contributed by atoms with Crippen molar-refractivity contribution in [3.05, 3.63) is 65.6 Å². The van der Waals surface area contributed by atoms with Crippen LogP contribution in [0, 0.1) is 6.92 Å². The first kappa shape index (κ1) is 11.0. The smallest absolute Gasteiger partial charge is 0.155 e. The Morgan fingerprint density at radius 2 is 1.83 bits per heavy atom. The van der Waals surface area contributed by atoms with Gasteiger partial charge in [0.25, 0.3) is 0 Å². The molecule has 0 aliphatic rings. The molecule has 90 valence electrons. The highest BCUT2D eigenvalue weighted by atomic mass is 15.3. The van der Waals surface area contributed by atoms with E-state index in [2.05, 4.69) is 47.3 Å². The number of pyridine rings is 1. The van der Waals surface area contributed by atoms with E-state index in [1.165, 1.54) is 11.1 Å². The molecule has 0 radical (unpaired) electrons. The Kier molecular flexibility index (Phi) is 2.81. The second-order valence-electron chi connectivity index (χ2n) is 4.52. The van der Waals surface area contributed by atoms with Gasteiger partial charge in [-0.3, -0.25) is 0 Å². The lowest BCUT2D eigenvalue weighted by Gasteiger charge is -1.96. The molecular formula is C15H15N3. The molecule has 0 N–H and O–H groups in total. The van der Waals surface area contributed by atoms with Crippen LogP contribution in [0.4, 0.5) is 0 Å². The average Bonchev–Trinajstić information content (AvgIpc) is 2.79. The van der Waals surface area contributed by atoms with E-state index in [9.17, 15) is 0 Å². The zero-order valence-electron chi connectivity index (χ0n) is 10.4. The highest BCUT2D eigenvalue weighted by Gasteiger charge is 2.03. The molecule has 0 fully saturated rings. The Balaban J connectivity index is 1.79. The van der Waals surface area contributed by atoms with Gasteiger partial charge in [0.1, 0.15) is 0 Å². The molecule has 1 aromatic carbocycles. The lowest BCUT2D eigenvalue weighted by atomic mass is 10.1. The SMILES string of the molecule is Cc1ccc2nc(CCc3ccccc3)nn2c1. The fourth-order valence-corrected chi connectivity index (χ4v) is 2.04. The van der Waals surface area contributed by atoms with E-state index in [1.54, 1.807) is 0 Å². The van der Waals surface area contributed by atoms with Crippen LogP contribution in [0.15, 0.2) is 48.7 Å². The van der Waals surface area contributed by atoms with Crippen LogP contribution in [-0.4, -0.2) is 14.6 Å². The van der Waals surface area contributed by atoms with Gasteiger partial charge in [0.2, 0.25) is 0 Å². The standard InChI is InChI=1S/C15H15N3/c1-12-7-10-15-16-14(17-18(15)11-12)9-8-13-5-3-2-4-6-13/h2-7,10-11H,8-9H2,1H3. The molecule has 18 heavy (non-hydrogen) atoms.